The highest BCUT2D eigenvalue weighted by molar-refractivity contribution is 7.85. The fourth-order valence-electron chi connectivity index (χ4n) is 2.51. The maximum atomic E-state index is 13.7. The van der Waals surface area contributed by atoms with E-state index in [1.165, 1.54) is 20.8 Å². The zero-order chi connectivity index (χ0) is 23.2. The van der Waals surface area contributed by atoms with E-state index in [1.54, 1.807) is 13.8 Å². The summed E-state index contributed by atoms with van der Waals surface area (Å²) in [7, 11) is -4.63. The van der Waals surface area contributed by atoms with Crippen LogP contribution in [-0.4, -0.2) is 39.1 Å². The van der Waals surface area contributed by atoms with Gasteiger partial charge in [-0.25, -0.2) is 8.78 Å². The van der Waals surface area contributed by atoms with Crippen LogP contribution in [-0.2, 0) is 29.4 Å². The van der Waals surface area contributed by atoms with Crippen LogP contribution in [0.15, 0.2) is 18.2 Å². The first-order chi connectivity index (χ1) is 13.8. The minimum absolute atomic E-state index is 0.0243. The Hall–Kier alpha value is -2.27. The Bertz CT molecular complexity index is 833. The van der Waals surface area contributed by atoms with E-state index in [1.807, 2.05) is 0 Å². The van der Waals surface area contributed by atoms with Crippen LogP contribution in [0.4, 0.5) is 8.78 Å². The third-order valence-corrected chi connectivity index (χ3v) is 5.40. The first kappa shape index (κ1) is 25.8. The number of carbonyl (C=O) groups excluding carboxylic acids is 2. The van der Waals surface area contributed by atoms with E-state index in [9.17, 15) is 26.8 Å². The molecule has 0 aliphatic rings. The first-order valence-corrected chi connectivity index (χ1v) is 10.7. The van der Waals surface area contributed by atoms with Crippen LogP contribution >= 0.6 is 0 Å². The highest BCUT2D eigenvalue weighted by atomic mass is 32.2. The van der Waals surface area contributed by atoms with Crippen molar-refractivity contribution < 1.29 is 40.4 Å². The summed E-state index contributed by atoms with van der Waals surface area (Å²) in [5, 5.41) is 0. The molecular formula is C19H27F2NO7S. The van der Waals surface area contributed by atoms with Crippen molar-refractivity contribution in [2.45, 2.75) is 53.0 Å². The van der Waals surface area contributed by atoms with Crippen LogP contribution in [0.5, 0.6) is 5.75 Å². The molecule has 1 aromatic rings. The van der Waals surface area contributed by atoms with E-state index in [4.69, 9.17) is 9.47 Å². The van der Waals surface area contributed by atoms with Gasteiger partial charge in [0.05, 0.1) is 13.2 Å². The number of nitrogens with one attached hydrogen (secondary N) is 1. The molecule has 0 atom stereocenters. The summed E-state index contributed by atoms with van der Waals surface area (Å²) in [6.07, 6.45) is -0.141. The SMILES string of the molecule is CCOC(=O)C(C)(CCC(C)(C)NS(=O)(=O)Oc1c(F)cccc1F)C(=O)OCC. The normalized spacial score (nSPS) is 12.4. The van der Waals surface area contributed by atoms with Crippen molar-refractivity contribution in [2.75, 3.05) is 13.2 Å². The average molecular weight is 451 g/mol. The molecule has 0 saturated carbocycles. The standard InChI is InChI=1S/C19H27F2NO7S/c1-6-27-16(23)19(5,17(24)28-7-2)12-11-18(3,4)22-30(25,26)29-15-13(20)9-8-10-14(15)21/h8-10,22H,6-7,11-12H2,1-5H3. The molecule has 0 heterocycles. The molecule has 1 aromatic carbocycles. The minimum atomic E-state index is -4.63. The summed E-state index contributed by atoms with van der Waals surface area (Å²) in [6, 6.07) is 2.76. The van der Waals surface area contributed by atoms with Crippen molar-refractivity contribution in [3.8, 4) is 5.75 Å². The van der Waals surface area contributed by atoms with Gasteiger partial charge in [-0.1, -0.05) is 6.07 Å². The van der Waals surface area contributed by atoms with Crippen molar-refractivity contribution in [1.82, 2.24) is 4.72 Å². The second-order valence-electron chi connectivity index (χ2n) is 7.35. The number of esters is 2. The van der Waals surface area contributed by atoms with Crippen LogP contribution in [0, 0.1) is 17.0 Å². The molecular weight excluding hydrogens is 424 g/mol. The Kier molecular flexibility index (Phi) is 8.73. The van der Waals surface area contributed by atoms with Gasteiger partial charge in [0, 0.05) is 5.54 Å². The average Bonchev–Trinajstić information content (AvgIpc) is 2.62. The Morgan fingerprint density at radius 3 is 1.87 bits per heavy atom. The molecule has 0 saturated heterocycles. The number of rotatable bonds is 11. The molecule has 0 fully saturated rings. The second-order valence-corrected chi connectivity index (χ2v) is 8.63. The molecule has 11 heteroatoms. The van der Waals surface area contributed by atoms with Crippen LogP contribution in [0.3, 0.4) is 0 Å². The predicted octanol–water partition coefficient (Wildman–Crippen LogP) is 2.87. The molecule has 1 N–H and O–H groups in total. The second kappa shape index (κ2) is 10.2. The summed E-state index contributed by atoms with van der Waals surface area (Å²) in [5.41, 5.74) is -2.91. The van der Waals surface area contributed by atoms with Gasteiger partial charge in [-0.15, -0.1) is 0 Å². The Labute approximate surface area is 175 Å². The molecule has 0 amide bonds. The maximum absolute atomic E-state index is 13.7. The van der Waals surface area contributed by atoms with E-state index in [2.05, 4.69) is 8.91 Å². The quantitative estimate of drug-likeness (QED) is 0.407. The molecule has 0 unspecified atom stereocenters. The molecule has 1 rings (SSSR count). The number of carbonyl (C=O) groups is 2. The van der Waals surface area contributed by atoms with E-state index < -0.39 is 50.6 Å². The van der Waals surface area contributed by atoms with Gasteiger partial charge < -0.3 is 13.7 Å². The molecule has 0 aliphatic carbocycles. The lowest BCUT2D eigenvalue weighted by Gasteiger charge is -2.30. The number of benzene rings is 1. The lowest BCUT2D eigenvalue weighted by Crippen LogP contribution is -2.48. The predicted molar refractivity (Wildman–Crippen MR) is 104 cm³/mol. The zero-order valence-electron chi connectivity index (χ0n) is 17.6. The van der Waals surface area contributed by atoms with Crippen molar-refractivity contribution in [3.05, 3.63) is 29.8 Å². The van der Waals surface area contributed by atoms with Gasteiger partial charge >= 0.3 is 22.2 Å². The van der Waals surface area contributed by atoms with Gasteiger partial charge in [-0.3, -0.25) is 9.59 Å². The fourth-order valence-corrected chi connectivity index (χ4v) is 3.71. The lowest BCUT2D eigenvalue weighted by molar-refractivity contribution is -0.171. The minimum Gasteiger partial charge on any atom is -0.465 e. The number of halogens is 2. The number of hydrogen-bond donors (Lipinski definition) is 1. The Morgan fingerprint density at radius 2 is 1.43 bits per heavy atom. The molecule has 8 nitrogen and oxygen atoms in total. The van der Waals surface area contributed by atoms with Gasteiger partial charge in [-0.2, -0.15) is 13.1 Å². The Balaban J connectivity index is 2.97. The molecule has 0 spiro atoms. The third kappa shape index (κ3) is 6.91. The van der Waals surface area contributed by atoms with Gasteiger partial charge in [0.15, 0.2) is 17.0 Å². The lowest BCUT2D eigenvalue weighted by atomic mass is 9.81. The van der Waals surface area contributed by atoms with Crippen LogP contribution in [0.1, 0.15) is 47.5 Å². The molecule has 0 aromatic heterocycles. The summed E-state index contributed by atoms with van der Waals surface area (Å²) >= 11 is 0. The van der Waals surface area contributed by atoms with Crippen molar-refractivity contribution >= 4 is 22.2 Å². The number of ether oxygens (including phenoxy) is 2. The van der Waals surface area contributed by atoms with Gasteiger partial charge in [0.25, 0.3) is 0 Å². The molecule has 30 heavy (non-hydrogen) atoms. The maximum Gasteiger partial charge on any atom is 0.383 e. The molecule has 0 bridgehead atoms. The number of para-hydroxylation sites is 1. The van der Waals surface area contributed by atoms with Crippen molar-refractivity contribution in [2.24, 2.45) is 5.41 Å². The highest BCUT2D eigenvalue weighted by Gasteiger charge is 2.45. The van der Waals surface area contributed by atoms with E-state index in [0.717, 1.165) is 18.2 Å². The molecule has 170 valence electrons. The smallest absolute Gasteiger partial charge is 0.383 e. The monoisotopic (exact) mass is 451 g/mol. The fraction of sp³-hybridized carbons (Fsp3) is 0.579. The van der Waals surface area contributed by atoms with Crippen molar-refractivity contribution in [3.63, 3.8) is 0 Å². The number of hydrogen-bond acceptors (Lipinski definition) is 7. The van der Waals surface area contributed by atoms with E-state index >= 15 is 0 Å². The zero-order valence-corrected chi connectivity index (χ0v) is 18.4. The summed E-state index contributed by atoms with van der Waals surface area (Å²) in [4.78, 5) is 24.7. The molecule has 0 aliphatic heterocycles. The van der Waals surface area contributed by atoms with E-state index in [-0.39, 0.29) is 26.1 Å². The van der Waals surface area contributed by atoms with Gasteiger partial charge in [0.1, 0.15) is 0 Å². The van der Waals surface area contributed by atoms with Crippen LogP contribution < -0.4 is 8.91 Å². The highest BCUT2D eigenvalue weighted by Crippen LogP contribution is 2.31. The Morgan fingerprint density at radius 1 is 0.967 bits per heavy atom. The summed E-state index contributed by atoms with van der Waals surface area (Å²) < 4.78 is 68.5. The first-order valence-electron chi connectivity index (χ1n) is 9.30. The van der Waals surface area contributed by atoms with Crippen LogP contribution in [0.2, 0.25) is 0 Å². The third-order valence-electron chi connectivity index (χ3n) is 4.22. The van der Waals surface area contributed by atoms with Gasteiger partial charge in [0.2, 0.25) is 5.75 Å². The topological polar surface area (TPSA) is 108 Å². The van der Waals surface area contributed by atoms with Crippen molar-refractivity contribution in [1.29, 1.82) is 0 Å². The largest absolute Gasteiger partial charge is 0.465 e. The summed E-state index contributed by atoms with van der Waals surface area (Å²) in [6.45, 7) is 7.53. The van der Waals surface area contributed by atoms with E-state index in [0.29, 0.717) is 0 Å². The molecule has 0 radical (unpaired) electrons. The summed E-state index contributed by atoms with van der Waals surface area (Å²) in [5.74, 6) is -5.03. The van der Waals surface area contributed by atoms with Gasteiger partial charge in [-0.05, 0) is 59.6 Å². The van der Waals surface area contributed by atoms with Crippen LogP contribution in [0.25, 0.3) is 0 Å².